The van der Waals surface area contributed by atoms with Crippen molar-refractivity contribution >= 4 is 17.5 Å². The molecule has 0 spiro atoms. The maximum atomic E-state index is 12.7. The second-order valence-electron chi connectivity index (χ2n) is 9.11. The molecule has 0 bridgehead atoms. The van der Waals surface area contributed by atoms with E-state index in [-0.39, 0.29) is 34.9 Å². The van der Waals surface area contributed by atoms with Gasteiger partial charge in [-0.05, 0) is 68.4 Å². The summed E-state index contributed by atoms with van der Waals surface area (Å²) < 4.78 is 4.99. The SMILES string of the molecule is CC(=O)OCC(=O)[C@H]1CCC2C3CCC4=CC(=O)C=C[C@]4(C)C3=CC[C@@]21C. The summed E-state index contributed by atoms with van der Waals surface area (Å²) in [6, 6.07) is 0. The van der Waals surface area contributed by atoms with E-state index >= 15 is 0 Å². The molecule has 2 saturated carbocycles. The van der Waals surface area contributed by atoms with Crippen LogP contribution >= 0.6 is 0 Å². The minimum atomic E-state index is -0.396. The van der Waals surface area contributed by atoms with E-state index < -0.39 is 5.97 Å². The fourth-order valence-corrected chi connectivity index (χ4v) is 6.32. The Hall–Kier alpha value is -1.97. The first-order chi connectivity index (χ1) is 12.8. The van der Waals surface area contributed by atoms with Crippen LogP contribution in [0.4, 0.5) is 0 Å². The minimum absolute atomic E-state index is 0.0344. The summed E-state index contributed by atoms with van der Waals surface area (Å²) in [5.41, 5.74) is 2.48. The quantitative estimate of drug-likeness (QED) is 0.559. The lowest BCUT2D eigenvalue weighted by atomic mass is 9.52. The predicted molar refractivity (Wildman–Crippen MR) is 102 cm³/mol. The normalized spacial score (nSPS) is 39.7. The van der Waals surface area contributed by atoms with Crippen LogP contribution in [0.3, 0.4) is 0 Å². The number of hydrogen-bond acceptors (Lipinski definition) is 4. The lowest BCUT2D eigenvalue weighted by Gasteiger charge is -2.52. The van der Waals surface area contributed by atoms with Gasteiger partial charge in [0.05, 0.1) is 0 Å². The summed E-state index contributed by atoms with van der Waals surface area (Å²) in [6.07, 6.45) is 12.8. The van der Waals surface area contributed by atoms with Crippen LogP contribution in [0, 0.1) is 28.6 Å². The van der Waals surface area contributed by atoms with Crippen molar-refractivity contribution in [3.05, 3.63) is 35.5 Å². The third-order valence-electron chi connectivity index (χ3n) is 7.75. The van der Waals surface area contributed by atoms with Crippen LogP contribution in [-0.4, -0.2) is 24.1 Å². The summed E-state index contributed by atoms with van der Waals surface area (Å²) in [5, 5.41) is 0. The average molecular weight is 368 g/mol. The van der Waals surface area contributed by atoms with Crippen molar-refractivity contribution in [1.82, 2.24) is 0 Å². The van der Waals surface area contributed by atoms with Crippen LogP contribution < -0.4 is 0 Å². The van der Waals surface area contributed by atoms with Crippen molar-refractivity contribution in [2.45, 2.75) is 52.9 Å². The molecule has 4 heteroatoms. The first-order valence-corrected chi connectivity index (χ1v) is 10.1. The molecule has 27 heavy (non-hydrogen) atoms. The molecular weight excluding hydrogens is 340 g/mol. The van der Waals surface area contributed by atoms with Crippen molar-refractivity contribution in [3.63, 3.8) is 0 Å². The van der Waals surface area contributed by atoms with Gasteiger partial charge in [0.15, 0.2) is 11.6 Å². The van der Waals surface area contributed by atoms with Crippen LogP contribution in [0.1, 0.15) is 52.9 Å². The zero-order chi connectivity index (χ0) is 19.4. The van der Waals surface area contributed by atoms with Crippen molar-refractivity contribution in [1.29, 1.82) is 0 Å². The number of fused-ring (bicyclic) bond motifs is 5. The number of carbonyl (C=O) groups excluding carboxylic acids is 3. The molecule has 144 valence electrons. The van der Waals surface area contributed by atoms with E-state index in [0.29, 0.717) is 11.8 Å². The zero-order valence-corrected chi connectivity index (χ0v) is 16.4. The first kappa shape index (κ1) is 18.4. The number of ether oxygens (including phenoxy) is 1. The molecule has 0 saturated heterocycles. The molecule has 0 amide bonds. The highest BCUT2D eigenvalue weighted by molar-refractivity contribution is 6.01. The number of hydrogen-bond donors (Lipinski definition) is 0. The Morgan fingerprint density at radius 1 is 1.22 bits per heavy atom. The summed E-state index contributed by atoms with van der Waals surface area (Å²) in [5.74, 6) is 0.681. The Balaban J connectivity index is 1.62. The molecule has 2 fully saturated rings. The molecule has 2 unspecified atom stereocenters. The van der Waals surface area contributed by atoms with Crippen molar-refractivity contribution in [3.8, 4) is 0 Å². The number of Topliss-reactive ketones (excluding diaryl/α,β-unsaturated/α-hetero) is 1. The van der Waals surface area contributed by atoms with Gasteiger partial charge < -0.3 is 4.74 Å². The van der Waals surface area contributed by atoms with Crippen LogP contribution in [0.25, 0.3) is 0 Å². The van der Waals surface area contributed by atoms with E-state index in [9.17, 15) is 14.4 Å². The van der Waals surface area contributed by atoms with E-state index in [1.165, 1.54) is 18.1 Å². The number of rotatable bonds is 3. The molecule has 0 aliphatic heterocycles. The van der Waals surface area contributed by atoms with Gasteiger partial charge in [0, 0.05) is 18.3 Å². The molecular formula is C23H28O4. The highest BCUT2D eigenvalue weighted by atomic mass is 16.5. The summed E-state index contributed by atoms with van der Waals surface area (Å²) >= 11 is 0. The number of allylic oxidation sites excluding steroid dienone is 6. The monoisotopic (exact) mass is 368 g/mol. The fourth-order valence-electron chi connectivity index (χ4n) is 6.32. The standard InChI is InChI=1S/C23H28O4/c1-14(24)27-13-21(26)20-7-6-18-17-5-4-15-12-16(25)8-10-22(15,2)19(17)9-11-23(18,20)3/h8-10,12,17-18,20H,4-7,11,13H2,1-3H3/t17?,18?,20-,22+,23+/m1/s1. The van der Waals surface area contributed by atoms with Gasteiger partial charge in [-0.15, -0.1) is 0 Å². The Bertz CT molecular complexity index is 801. The Labute approximate surface area is 160 Å². The van der Waals surface area contributed by atoms with Gasteiger partial charge in [-0.1, -0.05) is 30.2 Å². The lowest BCUT2D eigenvalue weighted by molar-refractivity contribution is -0.148. The number of carbonyl (C=O) groups is 3. The second-order valence-corrected chi connectivity index (χ2v) is 9.11. The molecule has 0 aromatic heterocycles. The molecule has 5 atom stereocenters. The second kappa shape index (κ2) is 6.29. The summed E-state index contributed by atoms with van der Waals surface area (Å²) in [4.78, 5) is 35.7. The zero-order valence-electron chi connectivity index (χ0n) is 16.4. The van der Waals surface area contributed by atoms with Crippen LogP contribution in [0.2, 0.25) is 0 Å². The van der Waals surface area contributed by atoms with Crippen LogP contribution in [0.15, 0.2) is 35.5 Å². The van der Waals surface area contributed by atoms with E-state index in [4.69, 9.17) is 4.74 Å². The maximum absolute atomic E-state index is 12.7. The summed E-state index contributed by atoms with van der Waals surface area (Å²) in [6.45, 7) is 5.74. The predicted octanol–water partition coefficient (Wildman–Crippen LogP) is 3.96. The van der Waals surface area contributed by atoms with Crippen molar-refractivity contribution in [2.75, 3.05) is 6.61 Å². The molecule has 0 aromatic rings. The van der Waals surface area contributed by atoms with Crippen molar-refractivity contribution < 1.29 is 19.1 Å². The third-order valence-corrected chi connectivity index (χ3v) is 7.75. The Morgan fingerprint density at radius 2 is 2.00 bits per heavy atom. The maximum Gasteiger partial charge on any atom is 0.303 e. The third kappa shape index (κ3) is 2.76. The minimum Gasteiger partial charge on any atom is -0.458 e. The van der Waals surface area contributed by atoms with Crippen LogP contribution in [0.5, 0.6) is 0 Å². The molecule has 0 radical (unpaired) electrons. The number of ketones is 2. The first-order valence-electron chi connectivity index (χ1n) is 10.1. The fraction of sp³-hybridized carbons (Fsp3) is 0.609. The average Bonchev–Trinajstić information content (AvgIpc) is 2.97. The molecule has 4 aliphatic rings. The van der Waals surface area contributed by atoms with Gasteiger partial charge in [0.25, 0.3) is 0 Å². The van der Waals surface area contributed by atoms with Crippen LogP contribution in [-0.2, 0) is 19.1 Å². The smallest absolute Gasteiger partial charge is 0.303 e. The largest absolute Gasteiger partial charge is 0.458 e. The molecule has 0 aromatic carbocycles. The Morgan fingerprint density at radius 3 is 2.74 bits per heavy atom. The van der Waals surface area contributed by atoms with E-state index in [1.807, 2.05) is 6.08 Å². The lowest BCUT2D eigenvalue weighted by Crippen LogP contribution is -2.45. The van der Waals surface area contributed by atoms with Gasteiger partial charge in [-0.3, -0.25) is 14.4 Å². The van der Waals surface area contributed by atoms with Gasteiger partial charge in [-0.25, -0.2) is 0 Å². The van der Waals surface area contributed by atoms with E-state index in [2.05, 4.69) is 26.0 Å². The summed E-state index contributed by atoms with van der Waals surface area (Å²) in [7, 11) is 0. The van der Waals surface area contributed by atoms with Gasteiger partial charge in [-0.2, -0.15) is 0 Å². The molecule has 0 N–H and O–H groups in total. The highest BCUT2D eigenvalue weighted by Gasteiger charge is 2.56. The topological polar surface area (TPSA) is 60.4 Å². The van der Waals surface area contributed by atoms with Gasteiger partial charge >= 0.3 is 5.97 Å². The van der Waals surface area contributed by atoms with E-state index in [0.717, 1.165) is 32.1 Å². The molecule has 0 heterocycles. The van der Waals surface area contributed by atoms with Gasteiger partial charge in [0.2, 0.25) is 0 Å². The Kier molecular flexibility index (Phi) is 4.28. The van der Waals surface area contributed by atoms with Gasteiger partial charge in [0.1, 0.15) is 6.61 Å². The highest BCUT2D eigenvalue weighted by Crippen LogP contribution is 2.63. The number of esters is 1. The molecule has 4 nitrogen and oxygen atoms in total. The van der Waals surface area contributed by atoms with Crippen molar-refractivity contribution in [2.24, 2.45) is 28.6 Å². The molecule has 4 aliphatic carbocycles. The molecule has 4 rings (SSSR count). The van der Waals surface area contributed by atoms with E-state index in [1.54, 1.807) is 6.08 Å².